The van der Waals surface area contributed by atoms with Crippen LogP contribution in [0.25, 0.3) is 6.08 Å². The molecule has 1 aromatic rings. The predicted molar refractivity (Wildman–Crippen MR) is 91.5 cm³/mol. The van der Waals surface area contributed by atoms with Gasteiger partial charge in [0.25, 0.3) is 0 Å². The molecule has 0 unspecified atom stereocenters. The molecule has 0 aliphatic heterocycles. The molecule has 0 saturated carbocycles. The molecule has 0 spiro atoms. The summed E-state index contributed by atoms with van der Waals surface area (Å²) in [4.78, 5) is 0. The monoisotopic (exact) mass is 304 g/mol. The third-order valence-corrected chi connectivity index (χ3v) is 3.54. The SMILES string of the molecule is CCCCCc1ccc(/C=C/[C@H](O)[C@@H](CO)N[B]OC)cc1. The third kappa shape index (κ3) is 7.23. The minimum atomic E-state index is -0.791. The number of benzene rings is 1. The fourth-order valence-electron chi connectivity index (χ4n) is 2.13. The topological polar surface area (TPSA) is 61.7 Å². The van der Waals surface area contributed by atoms with Gasteiger partial charge in [0.2, 0.25) is 0 Å². The van der Waals surface area contributed by atoms with Crippen LogP contribution < -0.4 is 5.23 Å². The van der Waals surface area contributed by atoms with Crippen molar-refractivity contribution in [1.82, 2.24) is 5.23 Å². The van der Waals surface area contributed by atoms with Gasteiger partial charge in [0.05, 0.1) is 18.8 Å². The summed E-state index contributed by atoms with van der Waals surface area (Å²) >= 11 is 0. The largest absolute Gasteiger partial charge is 0.427 e. The van der Waals surface area contributed by atoms with Crippen LogP contribution in [-0.4, -0.2) is 43.7 Å². The second-order valence-electron chi connectivity index (χ2n) is 5.36. The van der Waals surface area contributed by atoms with Crippen molar-refractivity contribution in [2.45, 2.75) is 44.8 Å². The highest BCUT2D eigenvalue weighted by Gasteiger charge is 2.15. The van der Waals surface area contributed by atoms with E-state index in [9.17, 15) is 10.2 Å². The quantitative estimate of drug-likeness (QED) is 0.432. The van der Waals surface area contributed by atoms with E-state index in [1.165, 1.54) is 39.6 Å². The molecule has 3 N–H and O–H groups in total. The van der Waals surface area contributed by atoms with Crippen molar-refractivity contribution in [2.24, 2.45) is 0 Å². The predicted octanol–water partition coefficient (Wildman–Crippen LogP) is 1.92. The lowest BCUT2D eigenvalue weighted by Gasteiger charge is -2.18. The number of hydrogen-bond donors (Lipinski definition) is 3. The average Bonchev–Trinajstić information content (AvgIpc) is 2.55. The van der Waals surface area contributed by atoms with Gasteiger partial charge >= 0.3 is 7.62 Å². The Kier molecular flexibility index (Phi) is 9.83. The molecule has 0 aliphatic rings. The zero-order valence-electron chi connectivity index (χ0n) is 13.5. The van der Waals surface area contributed by atoms with E-state index in [1.807, 2.05) is 18.2 Å². The molecule has 1 aromatic carbocycles. The van der Waals surface area contributed by atoms with Gasteiger partial charge in [0.15, 0.2) is 0 Å². The van der Waals surface area contributed by atoms with Gasteiger partial charge in [-0.15, -0.1) is 0 Å². The first-order chi connectivity index (χ1) is 10.7. The maximum Gasteiger partial charge on any atom is 0.395 e. The highest BCUT2D eigenvalue weighted by Crippen LogP contribution is 2.10. The minimum Gasteiger partial charge on any atom is -0.427 e. The molecule has 0 aromatic heterocycles. The number of aliphatic hydroxyl groups is 2. The fraction of sp³-hybridized carbons (Fsp3) is 0.529. The summed E-state index contributed by atoms with van der Waals surface area (Å²) in [6, 6.07) is 7.87. The number of rotatable bonds is 11. The van der Waals surface area contributed by atoms with Crippen LogP contribution in [0.5, 0.6) is 0 Å². The second-order valence-corrected chi connectivity index (χ2v) is 5.36. The number of nitrogens with one attached hydrogen (secondary N) is 1. The Morgan fingerprint density at radius 2 is 2.00 bits per heavy atom. The molecule has 0 aliphatic carbocycles. The molecular formula is C17H27BNO3. The Hall–Kier alpha value is -1.14. The Morgan fingerprint density at radius 3 is 2.59 bits per heavy atom. The van der Waals surface area contributed by atoms with E-state index in [1.54, 1.807) is 6.08 Å². The molecule has 1 radical (unpaired) electrons. The molecular weight excluding hydrogens is 277 g/mol. The van der Waals surface area contributed by atoms with Gasteiger partial charge in [0, 0.05) is 7.11 Å². The molecule has 5 heteroatoms. The second kappa shape index (κ2) is 11.4. The number of unbranched alkanes of at least 4 members (excludes halogenated alkanes) is 2. The van der Waals surface area contributed by atoms with Gasteiger partial charge < -0.3 is 20.1 Å². The summed E-state index contributed by atoms with van der Waals surface area (Å²) < 4.78 is 4.76. The maximum atomic E-state index is 10.0. The molecule has 0 saturated heterocycles. The molecule has 0 fully saturated rings. The molecule has 2 atom stereocenters. The highest BCUT2D eigenvalue weighted by molar-refractivity contribution is 6.23. The van der Waals surface area contributed by atoms with E-state index in [-0.39, 0.29) is 6.61 Å². The number of aryl methyl sites for hydroxylation is 1. The maximum absolute atomic E-state index is 10.0. The Balaban J connectivity index is 2.50. The molecule has 22 heavy (non-hydrogen) atoms. The van der Waals surface area contributed by atoms with Crippen LogP contribution in [-0.2, 0) is 11.1 Å². The van der Waals surface area contributed by atoms with Crippen LogP contribution in [0.4, 0.5) is 0 Å². The lowest BCUT2D eigenvalue weighted by atomic mass is 10.0. The van der Waals surface area contributed by atoms with Gasteiger partial charge in [-0.05, 0) is 24.0 Å². The van der Waals surface area contributed by atoms with Gasteiger partial charge in [-0.25, -0.2) is 0 Å². The van der Waals surface area contributed by atoms with E-state index in [4.69, 9.17) is 4.65 Å². The van der Waals surface area contributed by atoms with Crippen molar-refractivity contribution >= 4 is 13.7 Å². The molecule has 1 rings (SSSR count). The Labute approximate surface area is 134 Å². The van der Waals surface area contributed by atoms with Crippen molar-refractivity contribution in [3.63, 3.8) is 0 Å². The fourth-order valence-corrected chi connectivity index (χ4v) is 2.13. The third-order valence-electron chi connectivity index (χ3n) is 3.54. The molecule has 0 heterocycles. The first-order valence-corrected chi connectivity index (χ1v) is 7.87. The zero-order chi connectivity index (χ0) is 16.2. The lowest BCUT2D eigenvalue weighted by Crippen LogP contribution is -2.44. The van der Waals surface area contributed by atoms with E-state index in [0.717, 1.165) is 12.0 Å². The van der Waals surface area contributed by atoms with Crippen molar-refractivity contribution in [3.8, 4) is 0 Å². The standard InChI is InChI=1S/C17H27BNO3/c1-3-4-5-6-14-7-9-15(10-8-14)11-12-17(21)16(13-20)19-18-22-2/h7-12,16-17,19-21H,3-6,13H2,1-2H3/b12-11+/t16-,17+/m1/s1. The van der Waals surface area contributed by atoms with Crippen LogP contribution >= 0.6 is 0 Å². The van der Waals surface area contributed by atoms with Gasteiger partial charge in [-0.3, -0.25) is 0 Å². The van der Waals surface area contributed by atoms with Crippen molar-refractivity contribution < 1.29 is 14.9 Å². The van der Waals surface area contributed by atoms with Crippen LogP contribution in [0.3, 0.4) is 0 Å². The van der Waals surface area contributed by atoms with E-state index >= 15 is 0 Å². The smallest absolute Gasteiger partial charge is 0.395 e. The minimum absolute atomic E-state index is 0.179. The number of aliphatic hydroxyl groups excluding tert-OH is 2. The van der Waals surface area contributed by atoms with E-state index in [2.05, 4.69) is 24.3 Å². The van der Waals surface area contributed by atoms with E-state index in [0.29, 0.717) is 0 Å². The Morgan fingerprint density at radius 1 is 1.27 bits per heavy atom. The summed E-state index contributed by atoms with van der Waals surface area (Å²) in [5, 5.41) is 22.0. The van der Waals surface area contributed by atoms with E-state index < -0.39 is 12.1 Å². The first-order valence-electron chi connectivity index (χ1n) is 7.87. The van der Waals surface area contributed by atoms with Crippen LogP contribution in [0, 0.1) is 0 Å². The normalized spacial score (nSPS) is 14.2. The summed E-state index contributed by atoms with van der Waals surface area (Å²) in [5.74, 6) is 0. The van der Waals surface area contributed by atoms with Gasteiger partial charge in [-0.2, -0.15) is 0 Å². The van der Waals surface area contributed by atoms with Crippen molar-refractivity contribution in [3.05, 3.63) is 41.5 Å². The van der Waals surface area contributed by atoms with Gasteiger partial charge in [-0.1, -0.05) is 56.2 Å². The lowest BCUT2D eigenvalue weighted by molar-refractivity contribution is 0.134. The van der Waals surface area contributed by atoms with Crippen LogP contribution in [0.2, 0.25) is 0 Å². The molecule has 0 bridgehead atoms. The summed E-state index contributed by atoms with van der Waals surface area (Å²) in [6.45, 7) is 2.03. The average molecular weight is 304 g/mol. The first kappa shape index (κ1) is 18.9. The van der Waals surface area contributed by atoms with Crippen LogP contribution in [0.15, 0.2) is 30.3 Å². The summed E-state index contributed by atoms with van der Waals surface area (Å²) in [5.41, 5.74) is 2.38. The molecule has 121 valence electrons. The molecule has 4 nitrogen and oxygen atoms in total. The zero-order valence-corrected chi connectivity index (χ0v) is 13.5. The van der Waals surface area contributed by atoms with Crippen molar-refractivity contribution in [2.75, 3.05) is 13.7 Å². The Bertz CT molecular complexity index is 422. The summed E-state index contributed by atoms with van der Waals surface area (Å²) in [6.07, 6.45) is 7.58. The highest BCUT2D eigenvalue weighted by atomic mass is 16.4. The van der Waals surface area contributed by atoms with Crippen molar-refractivity contribution in [1.29, 1.82) is 0 Å². The molecule has 0 amide bonds. The van der Waals surface area contributed by atoms with Gasteiger partial charge in [0.1, 0.15) is 0 Å². The summed E-state index contributed by atoms with van der Waals surface area (Å²) in [7, 11) is 2.86. The van der Waals surface area contributed by atoms with Crippen LogP contribution in [0.1, 0.15) is 37.3 Å². The number of hydrogen-bond acceptors (Lipinski definition) is 4.